The predicted molar refractivity (Wildman–Crippen MR) is 81.7 cm³/mol. The largest absolute Gasteiger partial charge is 0.337 e. The number of rotatable bonds is 3. The molecule has 114 valence electrons. The van der Waals surface area contributed by atoms with Crippen LogP contribution in [0.1, 0.15) is 38.1 Å². The van der Waals surface area contributed by atoms with Crippen LogP contribution < -0.4 is 0 Å². The number of amides is 1. The van der Waals surface area contributed by atoms with Crippen molar-refractivity contribution < 1.29 is 4.79 Å². The van der Waals surface area contributed by atoms with E-state index in [2.05, 4.69) is 27.5 Å². The van der Waals surface area contributed by atoms with Crippen molar-refractivity contribution in [1.82, 2.24) is 19.4 Å². The van der Waals surface area contributed by atoms with Crippen LogP contribution in [0.4, 0.5) is 0 Å². The number of allylic oxidation sites excluding steroid dienone is 1. The number of aromatic nitrogens is 2. The van der Waals surface area contributed by atoms with Gasteiger partial charge in [0.1, 0.15) is 5.82 Å². The lowest BCUT2D eigenvalue weighted by Crippen LogP contribution is -2.51. The number of carbonyl (C=O) groups excluding carboxylic acids is 1. The van der Waals surface area contributed by atoms with Crippen LogP contribution in [0.15, 0.2) is 24.0 Å². The van der Waals surface area contributed by atoms with E-state index < -0.39 is 0 Å². The maximum atomic E-state index is 12.6. The Kier molecular flexibility index (Phi) is 4.10. The second-order valence-corrected chi connectivity index (χ2v) is 5.91. The molecule has 2 heterocycles. The molecule has 1 atom stereocenters. The first-order valence-corrected chi connectivity index (χ1v) is 7.90. The van der Waals surface area contributed by atoms with Gasteiger partial charge in [0.2, 0.25) is 5.91 Å². The van der Waals surface area contributed by atoms with Gasteiger partial charge in [-0.15, -0.1) is 0 Å². The number of imidazole rings is 1. The minimum absolute atomic E-state index is 0.203. The first-order chi connectivity index (χ1) is 10.2. The highest BCUT2D eigenvalue weighted by Crippen LogP contribution is 2.26. The van der Waals surface area contributed by atoms with E-state index in [1.165, 1.54) is 0 Å². The minimum Gasteiger partial charge on any atom is -0.337 e. The molecule has 5 heteroatoms. The quantitative estimate of drug-likeness (QED) is 0.850. The average molecular weight is 288 g/mol. The van der Waals surface area contributed by atoms with Crippen molar-refractivity contribution in [2.45, 2.75) is 32.2 Å². The molecule has 2 aliphatic rings. The summed E-state index contributed by atoms with van der Waals surface area (Å²) in [7, 11) is 2.02. The van der Waals surface area contributed by atoms with Crippen molar-refractivity contribution >= 4 is 5.91 Å². The van der Waals surface area contributed by atoms with Gasteiger partial charge >= 0.3 is 0 Å². The van der Waals surface area contributed by atoms with E-state index in [9.17, 15) is 4.79 Å². The number of aryl methyl sites for hydroxylation is 1. The topological polar surface area (TPSA) is 41.4 Å². The van der Waals surface area contributed by atoms with E-state index in [-0.39, 0.29) is 11.9 Å². The van der Waals surface area contributed by atoms with Gasteiger partial charge in [0.05, 0.1) is 6.04 Å². The first kappa shape index (κ1) is 14.3. The van der Waals surface area contributed by atoms with Gasteiger partial charge in [-0.25, -0.2) is 4.98 Å². The molecule has 1 saturated heterocycles. The lowest BCUT2D eigenvalue weighted by atomic mass is 10.1. The molecule has 1 fully saturated rings. The van der Waals surface area contributed by atoms with Gasteiger partial charge in [-0.1, -0.05) is 13.0 Å². The van der Waals surface area contributed by atoms with Gasteiger partial charge < -0.3 is 9.47 Å². The number of hydrogen-bond donors (Lipinski definition) is 0. The molecular formula is C16H24N4O. The predicted octanol–water partition coefficient (Wildman–Crippen LogP) is 1.74. The third-order valence-electron chi connectivity index (χ3n) is 4.66. The maximum absolute atomic E-state index is 12.6. The van der Waals surface area contributed by atoms with Crippen molar-refractivity contribution in [2.24, 2.45) is 7.05 Å². The lowest BCUT2D eigenvalue weighted by Gasteiger charge is -2.40. The van der Waals surface area contributed by atoms with Gasteiger partial charge in [0.25, 0.3) is 0 Å². The standard InChI is InChI=1S/C16H24N4O/c1-3-19-10-11-20(16(21)13-6-4-5-7-13)12-14(19)15-17-8-9-18(15)2/h6,8-9,14H,3-5,7,10-12H2,1-2H3/t14-/m1/s1. The van der Waals surface area contributed by atoms with Crippen molar-refractivity contribution in [2.75, 3.05) is 26.2 Å². The zero-order valence-electron chi connectivity index (χ0n) is 13.0. The normalized spacial score (nSPS) is 23.4. The molecule has 21 heavy (non-hydrogen) atoms. The van der Waals surface area contributed by atoms with Gasteiger partial charge in [0.15, 0.2) is 0 Å². The molecule has 0 unspecified atom stereocenters. The summed E-state index contributed by atoms with van der Waals surface area (Å²) in [5, 5.41) is 0. The van der Waals surface area contributed by atoms with Gasteiger partial charge in [0, 0.05) is 44.6 Å². The van der Waals surface area contributed by atoms with Crippen LogP contribution >= 0.6 is 0 Å². The Hall–Kier alpha value is -1.62. The smallest absolute Gasteiger partial charge is 0.249 e. The summed E-state index contributed by atoms with van der Waals surface area (Å²) in [5.74, 6) is 1.29. The Balaban J connectivity index is 1.78. The molecule has 0 saturated carbocycles. The van der Waals surface area contributed by atoms with Crippen LogP contribution in [-0.2, 0) is 11.8 Å². The summed E-state index contributed by atoms with van der Waals surface area (Å²) in [6.07, 6.45) is 9.05. The Labute approximate surface area is 126 Å². The van der Waals surface area contributed by atoms with Crippen LogP contribution in [0, 0.1) is 0 Å². The zero-order valence-corrected chi connectivity index (χ0v) is 13.0. The lowest BCUT2D eigenvalue weighted by molar-refractivity contribution is -0.130. The molecule has 0 N–H and O–H groups in total. The highest BCUT2D eigenvalue weighted by molar-refractivity contribution is 5.93. The van der Waals surface area contributed by atoms with E-state index in [1.54, 1.807) is 0 Å². The van der Waals surface area contributed by atoms with Gasteiger partial charge in [-0.2, -0.15) is 0 Å². The zero-order chi connectivity index (χ0) is 14.8. The van der Waals surface area contributed by atoms with E-state index in [0.717, 1.165) is 56.8 Å². The third-order valence-corrected chi connectivity index (χ3v) is 4.66. The fourth-order valence-corrected chi connectivity index (χ4v) is 3.39. The molecule has 5 nitrogen and oxygen atoms in total. The molecule has 0 aromatic carbocycles. The molecule has 1 aromatic heterocycles. The summed E-state index contributed by atoms with van der Waals surface area (Å²) in [5.41, 5.74) is 1.01. The Bertz CT molecular complexity index is 548. The SMILES string of the molecule is CCN1CCN(C(=O)C2=CCCC2)C[C@@H]1c1nccn1C. The number of piperazine rings is 1. The summed E-state index contributed by atoms with van der Waals surface area (Å²) >= 11 is 0. The van der Waals surface area contributed by atoms with Crippen LogP contribution in [0.5, 0.6) is 0 Å². The van der Waals surface area contributed by atoms with Crippen molar-refractivity contribution in [3.63, 3.8) is 0 Å². The average Bonchev–Trinajstić information content (AvgIpc) is 3.17. The summed E-state index contributed by atoms with van der Waals surface area (Å²) in [4.78, 5) is 21.5. The fraction of sp³-hybridized carbons (Fsp3) is 0.625. The molecular weight excluding hydrogens is 264 g/mol. The number of likely N-dealkylation sites (N-methyl/N-ethyl adjacent to an activating group) is 1. The van der Waals surface area contributed by atoms with Gasteiger partial charge in [-0.3, -0.25) is 9.69 Å². The highest BCUT2D eigenvalue weighted by atomic mass is 16.2. The minimum atomic E-state index is 0.203. The number of carbonyl (C=O) groups is 1. The molecule has 3 rings (SSSR count). The maximum Gasteiger partial charge on any atom is 0.249 e. The summed E-state index contributed by atoms with van der Waals surface area (Å²) in [6, 6.07) is 0.203. The molecule has 0 radical (unpaired) electrons. The third kappa shape index (κ3) is 2.75. The molecule has 1 aliphatic carbocycles. The Morgan fingerprint density at radius 3 is 2.90 bits per heavy atom. The monoisotopic (exact) mass is 288 g/mol. The molecule has 1 amide bonds. The van der Waals surface area contributed by atoms with Crippen molar-refractivity contribution in [3.05, 3.63) is 29.9 Å². The van der Waals surface area contributed by atoms with E-state index in [0.29, 0.717) is 0 Å². The van der Waals surface area contributed by atoms with Crippen LogP contribution in [0.2, 0.25) is 0 Å². The van der Waals surface area contributed by atoms with Crippen LogP contribution in [0.3, 0.4) is 0 Å². The summed E-state index contributed by atoms with van der Waals surface area (Å²) in [6.45, 7) is 5.65. The highest BCUT2D eigenvalue weighted by Gasteiger charge is 2.33. The molecule has 1 aliphatic heterocycles. The fourth-order valence-electron chi connectivity index (χ4n) is 3.39. The second-order valence-electron chi connectivity index (χ2n) is 5.91. The molecule has 0 spiro atoms. The number of nitrogens with zero attached hydrogens (tertiary/aromatic N) is 4. The first-order valence-electron chi connectivity index (χ1n) is 7.90. The van der Waals surface area contributed by atoms with Crippen molar-refractivity contribution in [3.8, 4) is 0 Å². The van der Waals surface area contributed by atoms with Crippen LogP contribution in [-0.4, -0.2) is 51.4 Å². The van der Waals surface area contributed by atoms with E-state index >= 15 is 0 Å². The Morgan fingerprint density at radius 2 is 2.29 bits per heavy atom. The van der Waals surface area contributed by atoms with E-state index in [4.69, 9.17) is 0 Å². The summed E-state index contributed by atoms with van der Waals surface area (Å²) < 4.78 is 2.07. The van der Waals surface area contributed by atoms with E-state index in [1.807, 2.05) is 24.3 Å². The number of hydrogen-bond acceptors (Lipinski definition) is 3. The molecule has 1 aromatic rings. The van der Waals surface area contributed by atoms with Crippen LogP contribution in [0.25, 0.3) is 0 Å². The Morgan fingerprint density at radius 1 is 1.43 bits per heavy atom. The van der Waals surface area contributed by atoms with Gasteiger partial charge in [-0.05, 0) is 25.8 Å². The van der Waals surface area contributed by atoms with Crippen molar-refractivity contribution in [1.29, 1.82) is 0 Å². The molecule has 0 bridgehead atoms. The second kappa shape index (κ2) is 6.02.